The highest BCUT2D eigenvalue weighted by Gasteiger charge is 2.54. The van der Waals surface area contributed by atoms with Gasteiger partial charge in [0.05, 0.1) is 25.5 Å². The summed E-state index contributed by atoms with van der Waals surface area (Å²) in [7, 11) is 1.32. The number of benzene rings is 3. The summed E-state index contributed by atoms with van der Waals surface area (Å²) in [6.45, 7) is 4.36. The smallest absolute Gasteiger partial charge is 0.356 e. The number of esters is 2. The van der Waals surface area contributed by atoms with Crippen LogP contribution in [-0.2, 0) is 23.9 Å². The van der Waals surface area contributed by atoms with E-state index in [0.29, 0.717) is 10.3 Å². The van der Waals surface area contributed by atoms with Gasteiger partial charge in [-0.15, -0.1) is 0 Å². The first-order chi connectivity index (χ1) is 19.4. The van der Waals surface area contributed by atoms with Gasteiger partial charge in [-0.25, -0.2) is 4.79 Å². The minimum Gasteiger partial charge on any atom is -0.469 e. The van der Waals surface area contributed by atoms with E-state index in [2.05, 4.69) is 0 Å². The van der Waals surface area contributed by atoms with E-state index < -0.39 is 30.0 Å². The molecule has 0 spiro atoms. The molecule has 0 radical (unpaired) electrons. The monoisotopic (exact) mass is 589 g/mol. The Kier molecular flexibility index (Phi) is 9.00. The van der Waals surface area contributed by atoms with Crippen molar-refractivity contribution in [3.05, 3.63) is 91.0 Å². The molecule has 1 aliphatic heterocycles. The van der Waals surface area contributed by atoms with Gasteiger partial charge in [-0.05, 0) is 43.6 Å². The van der Waals surface area contributed by atoms with Crippen LogP contribution in [0.5, 0.6) is 0 Å². The summed E-state index contributed by atoms with van der Waals surface area (Å²) in [5.41, 5.74) is -1.35. The summed E-state index contributed by atoms with van der Waals surface area (Å²) in [6.07, 6.45) is 0.397. The van der Waals surface area contributed by atoms with E-state index in [1.54, 1.807) is 4.90 Å². The molecule has 0 N–H and O–H groups in total. The van der Waals surface area contributed by atoms with Crippen LogP contribution in [0.25, 0.3) is 0 Å². The number of ether oxygens (including phenoxy) is 2. The van der Waals surface area contributed by atoms with Gasteiger partial charge in [-0.2, -0.15) is 0 Å². The molecule has 8 heteroatoms. The number of amides is 1. The zero-order valence-corrected chi connectivity index (χ0v) is 25.8. The third-order valence-corrected chi connectivity index (χ3v) is 11.5. The molecular weight excluding hydrogens is 553 g/mol. The van der Waals surface area contributed by atoms with Crippen molar-refractivity contribution in [2.45, 2.75) is 58.1 Å². The average molecular weight is 590 g/mol. The Hall–Kier alpha value is -3.54. The largest absolute Gasteiger partial charge is 0.469 e. The van der Waals surface area contributed by atoms with Crippen LogP contribution in [0.4, 0.5) is 0 Å². The molecule has 4 rings (SSSR count). The zero-order valence-electron chi connectivity index (χ0n) is 24.1. The average Bonchev–Trinajstić information content (AvgIpc) is 2.93. The normalized spacial score (nSPS) is 16.9. The Morgan fingerprint density at radius 3 is 1.68 bits per heavy atom. The molecule has 1 unspecified atom stereocenters. The minimum absolute atomic E-state index is 0.0401. The first-order valence-corrected chi connectivity index (χ1v) is 15.7. The number of hydrogen-bond acceptors (Lipinski definition) is 6. The lowest BCUT2D eigenvalue weighted by atomic mass is 9.81. The molecule has 0 saturated carbocycles. The summed E-state index contributed by atoms with van der Waals surface area (Å²) < 4.78 is 10.9. The summed E-state index contributed by atoms with van der Waals surface area (Å²) in [4.78, 5) is 42.4. The number of carbonyl (C=O) groups is 3. The quantitative estimate of drug-likeness (QED) is 0.155. The highest BCUT2D eigenvalue weighted by molar-refractivity contribution is 7.96. The molecule has 0 aliphatic carbocycles. The van der Waals surface area contributed by atoms with Crippen molar-refractivity contribution < 1.29 is 23.9 Å². The Morgan fingerprint density at radius 2 is 1.32 bits per heavy atom. The fourth-order valence-electron chi connectivity index (χ4n) is 5.40. The third-order valence-electron chi connectivity index (χ3n) is 7.01. The number of carbonyl (C=O) groups excluding carboxylic acids is 3. The number of likely N-dealkylation sites (tertiary alicyclic amines) is 1. The SMILES string of the molecule is COC(=O)CC(=S)CC1(C)CC(=O)N1C(C(=O)OC(C)(C)C)=P(c1ccccc1)(c1ccccc1)c1ccccc1. The van der Waals surface area contributed by atoms with Crippen molar-refractivity contribution >= 4 is 63.1 Å². The molecule has 1 fully saturated rings. The molecule has 6 nitrogen and oxygen atoms in total. The minimum atomic E-state index is -3.01. The van der Waals surface area contributed by atoms with Gasteiger partial charge in [0.2, 0.25) is 5.91 Å². The number of β-lactam (4-membered cyclic amide) rings is 1. The second-order valence-electron chi connectivity index (χ2n) is 11.4. The van der Waals surface area contributed by atoms with Crippen LogP contribution in [0.15, 0.2) is 91.0 Å². The molecule has 1 heterocycles. The summed E-state index contributed by atoms with van der Waals surface area (Å²) >= 11 is 5.59. The Morgan fingerprint density at radius 1 is 0.878 bits per heavy atom. The number of methoxy groups -OCH3 is 1. The molecule has 41 heavy (non-hydrogen) atoms. The molecular formula is C33H36NO5PS. The molecule has 1 aliphatic rings. The maximum absolute atomic E-state index is 14.6. The molecule has 3 aromatic carbocycles. The lowest BCUT2D eigenvalue weighted by Crippen LogP contribution is -2.67. The molecule has 214 valence electrons. The van der Waals surface area contributed by atoms with E-state index in [9.17, 15) is 14.4 Å². The Labute approximate surface area is 247 Å². The van der Waals surface area contributed by atoms with Crippen LogP contribution in [-0.4, -0.2) is 51.3 Å². The number of rotatable bonds is 9. The van der Waals surface area contributed by atoms with Crippen molar-refractivity contribution in [1.82, 2.24) is 4.90 Å². The van der Waals surface area contributed by atoms with E-state index in [-0.39, 0.29) is 25.2 Å². The zero-order chi connectivity index (χ0) is 29.8. The maximum Gasteiger partial charge on any atom is 0.356 e. The predicted octanol–water partition coefficient (Wildman–Crippen LogP) is 4.77. The molecule has 0 bridgehead atoms. The van der Waals surface area contributed by atoms with Gasteiger partial charge in [0, 0.05) is 18.2 Å². The van der Waals surface area contributed by atoms with E-state index in [0.717, 1.165) is 15.9 Å². The van der Waals surface area contributed by atoms with E-state index in [1.807, 2.05) is 119 Å². The van der Waals surface area contributed by atoms with Gasteiger partial charge in [0.1, 0.15) is 11.0 Å². The van der Waals surface area contributed by atoms with E-state index in [4.69, 9.17) is 21.7 Å². The first-order valence-electron chi connectivity index (χ1n) is 13.5. The Bertz CT molecular complexity index is 1400. The Balaban J connectivity index is 2.14. The van der Waals surface area contributed by atoms with Crippen molar-refractivity contribution in [1.29, 1.82) is 0 Å². The fraction of sp³-hybridized carbons (Fsp3) is 0.303. The molecule has 3 aromatic rings. The van der Waals surface area contributed by atoms with Crippen molar-refractivity contribution in [2.75, 3.05) is 7.11 Å². The van der Waals surface area contributed by atoms with Gasteiger partial charge in [-0.3, -0.25) is 14.5 Å². The standard InChI is InChI=1S/C33H36NO5PS/c1-32(2,3)39-31(37)30(34-28(35)23-33(34,4)22-27(41)21-29(36)38-5)40(24-15-9-6-10-16-24,25-17-11-7-12-18-25)26-19-13-8-14-20-26/h6-20H,21-23H2,1-5H3. The lowest BCUT2D eigenvalue weighted by Gasteiger charge is -2.52. The molecule has 1 amide bonds. The van der Waals surface area contributed by atoms with Crippen LogP contribution >= 0.6 is 19.1 Å². The van der Waals surface area contributed by atoms with E-state index >= 15 is 0 Å². The summed E-state index contributed by atoms with van der Waals surface area (Å²) in [5, 5.41) is 2.74. The predicted molar refractivity (Wildman–Crippen MR) is 170 cm³/mol. The van der Waals surface area contributed by atoms with Gasteiger partial charge < -0.3 is 9.47 Å². The molecule has 1 atom stereocenters. The van der Waals surface area contributed by atoms with Gasteiger partial charge in [-0.1, -0.05) is 103 Å². The van der Waals surface area contributed by atoms with Crippen LogP contribution in [0.2, 0.25) is 0 Å². The third kappa shape index (κ3) is 6.22. The molecule has 1 saturated heterocycles. The van der Waals surface area contributed by atoms with Crippen LogP contribution in [0, 0.1) is 0 Å². The first kappa shape index (κ1) is 30.4. The second kappa shape index (κ2) is 12.1. The number of hydrogen-bond donors (Lipinski definition) is 0. The highest BCUT2D eigenvalue weighted by Crippen LogP contribution is 2.51. The van der Waals surface area contributed by atoms with Gasteiger partial charge >= 0.3 is 11.9 Å². The van der Waals surface area contributed by atoms with Crippen molar-refractivity contribution in [3.8, 4) is 0 Å². The molecule has 0 aromatic heterocycles. The summed E-state index contributed by atoms with van der Waals surface area (Å²) in [5.74, 6) is -1.19. The number of thiocarbonyl (C=S) groups is 1. The van der Waals surface area contributed by atoms with E-state index in [1.165, 1.54) is 7.11 Å². The fourth-order valence-corrected chi connectivity index (χ4v) is 10.3. The number of nitrogens with zero attached hydrogens (tertiary/aromatic N) is 1. The van der Waals surface area contributed by atoms with Gasteiger partial charge in [0.15, 0.2) is 0 Å². The van der Waals surface area contributed by atoms with Crippen LogP contribution in [0.1, 0.15) is 47.0 Å². The van der Waals surface area contributed by atoms with Crippen LogP contribution < -0.4 is 15.9 Å². The highest BCUT2D eigenvalue weighted by atomic mass is 32.1. The topological polar surface area (TPSA) is 72.9 Å². The van der Waals surface area contributed by atoms with Gasteiger partial charge in [0.25, 0.3) is 0 Å². The maximum atomic E-state index is 14.6. The van der Waals surface area contributed by atoms with Crippen molar-refractivity contribution in [2.24, 2.45) is 0 Å². The van der Waals surface area contributed by atoms with Crippen molar-refractivity contribution in [3.63, 3.8) is 0 Å². The lowest BCUT2D eigenvalue weighted by molar-refractivity contribution is -0.154. The van der Waals surface area contributed by atoms with Crippen LogP contribution in [0.3, 0.4) is 0 Å². The summed E-state index contributed by atoms with van der Waals surface area (Å²) in [6, 6.07) is 29.6. The second-order valence-corrected chi connectivity index (χ2v) is 15.3.